The third-order valence-electron chi connectivity index (χ3n) is 5.84. The molecule has 0 aliphatic heterocycles. The highest BCUT2D eigenvalue weighted by atomic mass is 16.5. The van der Waals surface area contributed by atoms with Crippen LogP contribution in [0.1, 0.15) is 44.1 Å². The monoisotopic (exact) mass is 331 g/mol. The molecule has 0 saturated heterocycles. The predicted molar refractivity (Wildman–Crippen MR) is 89.2 cm³/mol. The van der Waals surface area contributed by atoms with Gasteiger partial charge in [0.1, 0.15) is 6.61 Å². The average Bonchev–Trinajstić information content (AvgIpc) is 2.66. The maximum absolute atomic E-state index is 12.0. The molecule has 2 bridgehead atoms. The Bertz CT molecular complexity index is 574. The lowest BCUT2D eigenvalue weighted by Gasteiger charge is -2.51. The van der Waals surface area contributed by atoms with Gasteiger partial charge in [-0.3, -0.25) is 4.79 Å². The molecule has 130 valence electrons. The minimum absolute atomic E-state index is 0.0639. The van der Waals surface area contributed by atoms with E-state index in [0.29, 0.717) is 6.54 Å². The summed E-state index contributed by atoms with van der Waals surface area (Å²) in [7, 11) is 1.47. The summed E-state index contributed by atoms with van der Waals surface area (Å²) < 4.78 is 10.3. The van der Waals surface area contributed by atoms with Gasteiger partial charge in [-0.25, -0.2) is 4.79 Å². The van der Waals surface area contributed by atoms with Gasteiger partial charge >= 0.3 is 12.1 Å². The SMILES string of the molecule is COC(=O)C12CCC(CNC(=O)OCc3ccccc3)(CC1)CC2. The summed E-state index contributed by atoms with van der Waals surface area (Å²) in [4.78, 5) is 24.0. The zero-order valence-corrected chi connectivity index (χ0v) is 14.2. The molecule has 5 heteroatoms. The summed E-state index contributed by atoms with van der Waals surface area (Å²) in [6.07, 6.45) is 5.09. The van der Waals surface area contributed by atoms with Gasteiger partial charge in [0, 0.05) is 6.54 Å². The van der Waals surface area contributed by atoms with E-state index < -0.39 is 0 Å². The van der Waals surface area contributed by atoms with E-state index in [2.05, 4.69) is 5.32 Å². The zero-order chi connectivity index (χ0) is 17.0. The third-order valence-corrected chi connectivity index (χ3v) is 5.84. The molecule has 0 radical (unpaired) electrons. The molecular weight excluding hydrogens is 306 g/mol. The molecule has 1 amide bonds. The highest BCUT2D eigenvalue weighted by molar-refractivity contribution is 5.77. The molecule has 0 unspecified atom stereocenters. The van der Waals surface area contributed by atoms with Gasteiger partial charge in [0.25, 0.3) is 0 Å². The van der Waals surface area contributed by atoms with Gasteiger partial charge in [-0.15, -0.1) is 0 Å². The molecule has 0 aromatic heterocycles. The number of carbonyl (C=O) groups is 2. The topological polar surface area (TPSA) is 64.6 Å². The molecule has 3 fully saturated rings. The Balaban J connectivity index is 1.46. The van der Waals surface area contributed by atoms with Gasteiger partial charge in [0.05, 0.1) is 12.5 Å². The molecule has 0 spiro atoms. The molecular formula is C19H25NO4. The molecule has 3 aliphatic rings. The maximum atomic E-state index is 12.0. The molecule has 1 N–H and O–H groups in total. The minimum atomic E-state index is -0.372. The number of fused-ring (bicyclic) bond motifs is 3. The maximum Gasteiger partial charge on any atom is 0.407 e. The van der Waals surface area contributed by atoms with Crippen molar-refractivity contribution in [3.8, 4) is 0 Å². The summed E-state index contributed by atoms with van der Waals surface area (Å²) >= 11 is 0. The second-order valence-electron chi connectivity index (χ2n) is 7.19. The Morgan fingerprint density at radius 2 is 1.67 bits per heavy atom. The van der Waals surface area contributed by atoms with Gasteiger partial charge in [0.15, 0.2) is 0 Å². The van der Waals surface area contributed by atoms with Crippen LogP contribution in [0.25, 0.3) is 0 Å². The lowest BCUT2D eigenvalue weighted by molar-refractivity contribution is -0.162. The minimum Gasteiger partial charge on any atom is -0.469 e. The fraction of sp³-hybridized carbons (Fsp3) is 0.579. The molecule has 0 atom stereocenters. The van der Waals surface area contributed by atoms with Crippen molar-refractivity contribution in [2.75, 3.05) is 13.7 Å². The van der Waals surface area contributed by atoms with Crippen LogP contribution >= 0.6 is 0 Å². The standard InChI is InChI=1S/C19H25NO4/c1-23-16(21)19-10-7-18(8-11-19,9-12-19)14-20-17(22)24-13-15-5-3-2-4-6-15/h2-6H,7-14H2,1H3,(H,20,22). The van der Waals surface area contributed by atoms with E-state index in [0.717, 1.165) is 44.1 Å². The van der Waals surface area contributed by atoms with E-state index in [4.69, 9.17) is 9.47 Å². The molecule has 4 rings (SSSR count). The van der Waals surface area contributed by atoms with Gasteiger partial charge < -0.3 is 14.8 Å². The lowest BCUT2D eigenvalue weighted by Crippen LogP contribution is -2.50. The molecule has 3 saturated carbocycles. The Kier molecular flexibility index (Phi) is 4.78. The summed E-state index contributed by atoms with van der Waals surface area (Å²) in [5.74, 6) is -0.0639. The van der Waals surface area contributed by atoms with Crippen LogP contribution < -0.4 is 5.32 Å². The van der Waals surface area contributed by atoms with E-state index in [-0.39, 0.29) is 29.5 Å². The number of amides is 1. The number of methoxy groups -OCH3 is 1. The van der Waals surface area contributed by atoms with Crippen LogP contribution in [0.4, 0.5) is 4.79 Å². The van der Waals surface area contributed by atoms with Crippen molar-refractivity contribution in [2.24, 2.45) is 10.8 Å². The Hall–Kier alpha value is -2.04. The quantitative estimate of drug-likeness (QED) is 0.840. The number of hydrogen-bond acceptors (Lipinski definition) is 4. The van der Waals surface area contributed by atoms with Crippen LogP contribution in [0.5, 0.6) is 0 Å². The predicted octanol–water partition coefficient (Wildman–Crippen LogP) is 3.43. The number of esters is 1. The number of rotatable bonds is 5. The first-order valence-electron chi connectivity index (χ1n) is 8.61. The Labute approximate surface area is 142 Å². The fourth-order valence-electron chi connectivity index (χ4n) is 4.08. The van der Waals surface area contributed by atoms with E-state index in [1.165, 1.54) is 7.11 Å². The molecule has 1 aromatic rings. The summed E-state index contributed by atoms with van der Waals surface area (Å²) in [5.41, 5.74) is 0.815. The van der Waals surface area contributed by atoms with E-state index in [9.17, 15) is 9.59 Å². The number of alkyl carbamates (subject to hydrolysis) is 1. The number of carbonyl (C=O) groups excluding carboxylic acids is 2. The summed E-state index contributed by atoms with van der Waals surface area (Å²) in [6, 6.07) is 9.64. The van der Waals surface area contributed by atoms with E-state index >= 15 is 0 Å². The molecule has 0 heterocycles. The largest absolute Gasteiger partial charge is 0.469 e. The van der Waals surface area contributed by atoms with Crippen molar-refractivity contribution >= 4 is 12.1 Å². The van der Waals surface area contributed by atoms with Crippen LogP contribution in [0, 0.1) is 10.8 Å². The average molecular weight is 331 g/mol. The van der Waals surface area contributed by atoms with Crippen molar-refractivity contribution < 1.29 is 19.1 Å². The van der Waals surface area contributed by atoms with E-state index in [1.54, 1.807) is 0 Å². The van der Waals surface area contributed by atoms with E-state index in [1.807, 2.05) is 30.3 Å². The second-order valence-corrected chi connectivity index (χ2v) is 7.19. The van der Waals surface area contributed by atoms with Gasteiger partial charge in [-0.05, 0) is 49.5 Å². The molecule has 1 aromatic carbocycles. The first-order valence-corrected chi connectivity index (χ1v) is 8.61. The second kappa shape index (κ2) is 6.83. The van der Waals surface area contributed by atoms with Crippen molar-refractivity contribution in [1.29, 1.82) is 0 Å². The first-order chi connectivity index (χ1) is 11.6. The van der Waals surface area contributed by atoms with Gasteiger partial charge in [-0.2, -0.15) is 0 Å². The Morgan fingerprint density at radius 3 is 2.25 bits per heavy atom. The van der Waals surface area contributed by atoms with Crippen LogP contribution in [0.3, 0.4) is 0 Å². The van der Waals surface area contributed by atoms with Crippen molar-refractivity contribution in [3.05, 3.63) is 35.9 Å². The molecule has 3 aliphatic carbocycles. The lowest BCUT2D eigenvalue weighted by atomic mass is 9.53. The number of nitrogens with one attached hydrogen (secondary N) is 1. The van der Waals surface area contributed by atoms with Gasteiger partial charge in [-0.1, -0.05) is 30.3 Å². The highest BCUT2D eigenvalue weighted by Gasteiger charge is 2.52. The number of benzene rings is 1. The van der Waals surface area contributed by atoms with Crippen LogP contribution in [0.2, 0.25) is 0 Å². The smallest absolute Gasteiger partial charge is 0.407 e. The summed E-state index contributed by atoms with van der Waals surface area (Å²) in [6.45, 7) is 0.906. The number of ether oxygens (including phenoxy) is 2. The molecule has 24 heavy (non-hydrogen) atoms. The van der Waals surface area contributed by atoms with Crippen molar-refractivity contribution in [2.45, 2.75) is 45.1 Å². The highest BCUT2D eigenvalue weighted by Crippen LogP contribution is 2.57. The van der Waals surface area contributed by atoms with Crippen LogP contribution in [-0.4, -0.2) is 25.7 Å². The molecule has 5 nitrogen and oxygen atoms in total. The van der Waals surface area contributed by atoms with Crippen molar-refractivity contribution in [3.63, 3.8) is 0 Å². The fourth-order valence-corrected chi connectivity index (χ4v) is 4.08. The van der Waals surface area contributed by atoms with Crippen molar-refractivity contribution in [1.82, 2.24) is 5.32 Å². The zero-order valence-electron chi connectivity index (χ0n) is 14.2. The van der Waals surface area contributed by atoms with Gasteiger partial charge in [0.2, 0.25) is 0 Å². The first kappa shape index (κ1) is 16.8. The normalized spacial score (nSPS) is 28.2. The Morgan fingerprint density at radius 1 is 1.04 bits per heavy atom. The number of hydrogen-bond donors (Lipinski definition) is 1. The van der Waals surface area contributed by atoms with Crippen LogP contribution in [-0.2, 0) is 20.9 Å². The third kappa shape index (κ3) is 3.40. The van der Waals surface area contributed by atoms with Crippen LogP contribution in [0.15, 0.2) is 30.3 Å². The summed E-state index contributed by atoms with van der Waals surface area (Å²) in [5, 5.41) is 2.92.